The number of benzene rings is 2. The highest BCUT2D eigenvalue weighted by Gasteiger charge is 2.33. The van der Waals surface area contributed by atoms with Crippen LogP contribution in [0.3, 0.4) is 0 Å². The minimum Gasteiger partial charge on any atom is -0.491 e. The number of hydrogen-bond acceptors (Lipinski definition) is 5. The van der Waals surface area contributed by atoms with Crippen molar-refractivity contribution in [2.24, 2.45) is 0 Å². The van der Waals surface area contributed by atoms with E-state index in [2.05, 4.69) is 23.1 Å². The first kappa shape index (κ1) is 24.0. The van der Waals surface area contributed by atoms with Crippen LogP contribution in [0, 0.1) is 0 Å². The maximum Gasteiger partial charge on any atom is 0.253 e. The lowest BCUT2D eigenvalue weighted by Gasteiger charge is -2.41. The number of para-hydroxylation sites is 1. The van der Waals surface area contributed by atoms with Gasteiger partial charge in [0.2, 0.25) is 5.91 Å². The minimum atomic E-state index is 0.0249. The molecular formula is C28H33N5O3. The fraction of sp³-hybridized carbons (Fsp3) is 0.429. The topological polar surface area (TPSA) is 80.6 Å². The summed E-state index contributed by atoms with van der Waals surface area (Å²) in [5, 5.41) is 4.24. The molecule has 0 aliphatic carbocycles. The molecule has 2 amide bonds. The molecule has 36 heavy (non-hydrogen) atoms. The second-order valence-corrected chi connectivity index (χ2v) is 9.57. The standard InChI is InChI=1S/C28H33N5O3/c1-2-5-24(32-20-29-19-30-32)18-36-25-11-8-22(9-12-25)28(35)31-16-14-23(15-17-31)33-26-7-4-3-6-21(26)10-13-27(33)34/h3-4,6-9,11-12,19-20,23-24H,2,5,10,13-18H2,1H3. The second-order valence-electron chi connectivity index (χ2n) is 9.57. The van der Waals surface area contributed by atoms with Gasteiger partial charge in [0.05, 0.1) is 6.04 Å². The number of aryl methyl sites for hydroxylation is 1. The largest absolute Gasteiger partial charge is 0.491 e. The first-order chi connectivity index (χ1) is 17.6. The number of ether oxygens (including phenoxy) is 1. The summed E-state index contributed by atoms with van der Waals surface area (Å²) >= 11 is 0. The van der Waals surface area contributed by atoms with E-state index in [1.807, 2.05) is 56.9 Å². The lowest BCUT2D eigenvalue weighted by Crippen LogP contribution is -2.50. The molecule has 1 unspecified atom stereocenters. The molecule has 1 fully saturated rings. The lowest BCUT2D eigenvalue weighted by molar-refractivity contribution is -0.119. The van der Waals surface area contributed by atoms with E-state index in [1.165, 1.54) is 11.9 Å². The average Bonchev–Trinajstić information content (AvgIpc) is 3.46. The molecule has 2 aliphatic heterocycles. The molecule has 3 heterocycles. The molecule has 1 atom stereocenters. The number of likely N-dealkylation sites (tertiary alicyclic amines) is 1. The van der Waals surface area contributed by atoms with Crippen LogP contribution in [0.5, 0.6) is 5.75 Å². The molecule has 8 nitrogen and oxygen atoms in total. The zero-order valence-corrected chi connectivity index (χ0v) is 20.8. The molecule has 1 saturated heterocycles. The molecule has 0 N–H and O–H groups in total. The summed E-state index contributed by atoms with van der Waals surface area (Å²) in [7, 11) is 0. The maximum atomic E-state index is 13.1. The molecular weight excluding hydrogens is 454 g/mol. The second kappa shape index (κ2) is 10.9. The van der Waals surface area contributed by atoms with Crippen molar-refractivity contribution in [2.45, 2.75) is 57.5 Å². The van der Waals surface area contributed by atoms with Gasteiger partial charge in [-0.25, -0.2) is 9.67 Å². The van der Waals surface area contributed by atoms with Crippen LogP contribution < -0.4 is 9.64 Å². The van der Waals surface area contributed by atoms with Crippen molar-refractivity contribution in [3.63, 3.8) is 0 Å². The number of fused-ring (bicyclic) bond motifs is 1. The van der Waals surface area contributed by atoms with Gasteiger partial charge in [-0.15, -0.1) is 0 Å². The zero-order valence-electron chi connectivity index (χ0n) is 20.8. The van der Waals surface area contributed by atoms with E-state index in [9.17, 15) is 9.59 Å². The van der Waals surface area contributed by atoms with Crippen molar-refractivity contribution in [2.75, 3.05) is 24.6 Å². The Morgan fingerprint density at radius 2 is 1.86 bits per heavy atom. The number of aromatic nitrogens is 3. The van der Waals surface area contributed by atoms with Crippen molar-refractivity contribution in [3.8, 4) is 5.75 Å². The molecule has 0 radical (unpaired) electrons. The molecule has 0 bridgehead atoms. The fourth-order valence-electron chi connectivity index (χ4n) is 5.28. The van der Waals surface area contributed by atoms with Gasteiger partial charge in [-0.05, 0) is 61.6 Å². The summed E-state index contributed by atoms with van der Waals surface area (Å²) in [4.78, 5) is 33.8. The fourth-order valence-corrected chi connectivity index (χ4v) is 5.28. The summed E-state index contributed by atoms with van der Waals surface area (Å²) in [5.41, 5.74) is 2.93. The summed E-state index contributed by atoms with van der Waals surface area (Å²) in [6.45, 7) is 3.92. The number of carbonyl (C=O) groups excluding carboxylic acids is 2. The van der Waals surface area contributed by atoms with Crippen molar-refractivity contribution < 1.29 is 14.3 Å². The van der Waals surface area contributed by atoms with Crippen LogP contribution in [-0.4, -0.2) is 57.2 Å². The Hall–Kier alpha value is -3.68. The van der Waals surface area contributed by atoms with E-state index in [4.69, 9.17) is 4.74 Å². The summed E-state index contributed by atoms with van der Waals surface area (Å²) in [6.07, 6.45) is 8.16. The highest BCUT2D eigenvalue weighted by Crippen LogP contribution is 2.32. The van der Waals surface area contributed by atoms with Gasteiger partial charge in [0.25, 0.3) is 5.91 Å². The van der Waals surface area contributed by atoms with Crippen molar-refractivity contribution >= 4 is 17.5 Å². The number of amides is 2. The highest BCUT2D eigenvalue weighted by atomic mass is 16.5. The molecule has 2 aliphatic rings. The van der Waals surface area contributed by atoms with Gasteiger partial charge in [0.15, 0.2) is 0 Å². The number of hydrogen-bond donors (Lipinski definition) is 0. The summed E-state index contributed by atoms with van der Waals surface area (Å²) < 4.78 is 7.83. The number of piperidine rings is 1. The summed E-state index contributed by atoms with van der Waals surface area (Å²) in [5.74, 6) is 0.949. The monoisotopic (exact) mass is 487 g/mol. The van der Waals surface area contributed by atoms with Gasteiger partial charge in [-0.3, -0.25) is 9.59 Å². The highest BCUT2D eigenvalue weighted by molar-refractivity contribution is 5.97. The van der Waals surface area contributed by atoms with Gasteiger partial charge < -0.3 is 14.5 Å². The van der Waals surface area contributed by atoms with E-state index < -0.39 is 0 Å². The Morgan fingerprint density at radius 1 is 1.08 bits per heavy atom. The van der Waals surface area contributed by atoms with Crippen LogP contribution in [-0.2, 0) is 11.2 Å². The quantitative estimate of drug-likeness (QED) is 0.474. The van der Waals surface area contributed by atoms with Gasteiger partial charge >= 0.3 is 0 Å². The molecule has 188 valence electrons. The van der Waals surface area contributed by atoms with Crippen molar-refractivity contribution in [1.29, 1.82) is 0 Å². The molecule has 5 rings (SSSR count). The van der Waals surface area contributed by atoms with Crippen LogP contribution in [0.15, 0.2) is 61.2 Å². The maximum absolute atomic E-state index is 13.1. The average molecular weight is 488 g/mol. The predicted molar refractivity (Wildman–Crippen MR) is 137 cm³/mol. The predicted octanol–water partition coefficient (Wildman–Crippen LogP) is 4.28. The lowest BCUT2D eigenvalue weighted by atomic mass is 9.95. The molecule has 2 aromatic carbocycles. The third kappa shape index (κ3) is 5.12. The Labute approximate surface area is 211 Å². The molecule has 3 aromatic rings. The molecule has 8 heteroatoms. The molecule has 1 aromatic heterocycles. The van der Waals surface area contributed by atoms with E-state index in [-0.39, 0.29) is 23.9 Å². The Kier molecular flexibility index (Phi) is 7.30. The van der Waals surface area contributed by atoms with E-state index >= 15 is 0 Å². The smallest absolute Gasteiger partial charge is 0.253 e. The third-order valence-corrected chi connectivity index (χ3v) is 7.22. The number of rotatable bonds is 8. The van der Waals surface area contributed by atoms with E-state index in [0.29, 0.717) is 31.7 Å². The third-order valence-electron chi connectivity index (χ3n) is 7.22. The Morgan fingerprint density at radius 3 is 2.58 bits per heavy atom. The SMILES string of the molecule is CCCC(COc1ccc(C(=O)N2CCC(N3C(=O)CCc4ccccc43)CC2)cc1)n1cncn1. The number of nitrogens with zero attached hydrogens (tertiary/aromatic N) is 5. The van der Waals surface area contributed by atoms with Crippen LogP contribution >= 0.6 is 0 Å². The van der Waals surface area contributed by atoms with E-state index in [0.717, 1.165) is 43.5 Å². The summed E-state index contributed by atoms with van der Waals surface area (Å²) in [6, 6.07) is 15.8. The van der Waals surface area contributed by atoms with Gasteiger partial charge in [-0.2, -0.15) is 5.10 Å². The number of anilines is 1. The first-order valence-corrected chi connectivity index (χ1v) is 12.9. The van der Waals surface area contributed by atoms with Gasteiger partial charge in [-0.1, -0.05) is 31.5 Å². The van der Waals surface area contributed by atoms with Crippen molar-refractivity contribution in [3.05, 3.63) is 72.3 Å². The van der Waals surface area contributed by atoms with Crippen molar-refractivity contribution in [1.82, 2.24) is 19.7 Å². The molecule has 0 spiro atoms. The van der Waals surface area contributed by atoms with Crippen LogP contribution in [0.4, 0.5) is 5.69 Å². The van der Waals surface area contributed by atoms with Gasteiger partial charge in [0, 0.05) is 36.8 Å². The minimum absolute atomic E-state index is 0.0249. The number of carbonyl (C=O) groups is 2. The van der Waals surface area contributed by atoms with Crippen LogP contribution in [0.2, 0.25) is 0 Å². The normalized spacial score (nSPS) is 17.1. The Bertz CT molecular complexity index is 1170. The van der Waals surface area contributed by atoms with Crippen LogP contribution in [0.1, 0.15) is 61.0 Å². The van der Waals surface area contributed by atoms with Crippen LogP contribution in [0.25, 0.3) is 0 Å². The van der Waals surface area contributed by atoms with E-state index in [1.54, 1.807) is 6.33 Å². The first-order valence-electron chi connectivity index (χ1n) is 12.9. The van der Waals surface area contributed by atoms with Gasteiger partial charge in [0.1, 0.15) is 25.0 Å². The Balaban J connectivity index is 1.16. The molecule has 0 saturated carbocycles. The zero-order chi connectivity index (χ0) is 24.9.